The summed E-state index contributed by atoms with van der Waals surface area (Å²) in [6.45, 7) is 0.556. The van der Waals surface area contributed by atoms with Crippen molar-refractivity contribution in [2.75, 3.05) is 13.6 Å². The van der Waals surface area contributed by atoms with Crippen LogP contribution in [0.5, 0.6) is 0 Å². The highest BCUT2D eigenvalue weighted by atomic mass is 16.4. The van der Waals surface area contributed by atoms with Crippen molar-refractivity contribution in [3.63, 3.8) is 0 Å². The van der Waals surface area contributed by atoms with Crippen molar-refractivity contribution in [1.82, 2.24) is 10.6 Å². The molecule has 4 heteroatoms. The second-order valence-corrected chi connectivity index (χ2v) is 4.91. The van der Waals surface area contributed by atoms with Gasteiger partial charge in [0.1, 0.15) is 0 Å². The Bertz CT molecular complexity index is 518. The summed E-state index contributed by atoms with van der Waals surface area (Å²) in [5.74, 6) is -0.0315. The van der Waals surface area contributed by atoms with Crippen molar-refractivity contribution in [2.24, 2.45) is 0 Å². The van der Waals surface area contributed by atoms with Crippen LogP contribution in [0, 0.1) is 0 Å². The molecule has 0 aromatic heterocycles. The average molecular weight is 284 g/mol. The molecule has 0 unspecified atom stereocenters. The normalized spacial score (nSPS) is 12.1. The molecular formula is C17H20N2O2. The lowest BCUT2D eigenvalue weighted by atomic mass is 9.85. The molecule has 0 heterocycles. The number of carbonyl (C=O) groups is 1. The van der Waals surface area contributed by atoms with Crippen LogP contribution in [0.3, 0.4) is 0 Å². The summed E-state index contributed by atoms with van der Waals surface area (Å²) >= 11 is 0. The molecule has 0 spiro atoms. The Hall–Kier alpha value is -2.33. The molecule has 0 saturated heterocycles. The van der Waals surface area contributed by atoms with Crippen LogP contribution in [0.25, 0.3) is 0 Å². The highest BCUT2D eigenvalue weighted by Gasteiger charge is 2.25. The fourth-order valence-corrected chi connectivity index (χ4v) is 2.61. The molecule has 0 aliphatic carbocycles. The first-order chi connectivity index (χ1) is 10.2. The Morgan fingerprint density at radius 2 is 1.48 bits per heavy atom. The van der Waals surface area contributed by atoms with Crippen LogP contribution in [-0.2, 0) is 0 Å². The summed E-state index contributed by atoms with van der Waals surface area (Å²) in [7, 11) is 1.82. The number of hydrogen-bond donors (Lipinski definition) is 3. The van der Waals surface area contributed by atoms with E-state index in [-0.39, 0.29) is 12.0 Å². The second-order valence-electron chi connectivity index (χ2n) is 4.91. The first-order valence-electron chi connectivity index (χ1n) is 6.96. The van der Waals surface area contributed by atoms with E-state index >= 15 is 0 Å². The van der Waals surface area contributed by atoms with E-state index < -0.39 is 6.09 Å². The van der Waals surface area contributed by atoms with Gasteiger partial charge in [0.2, 0.25) is 0 Å². The Kier molecular flexibility index (Phi) is 5.35. The van der Waals surface area contributed by atoms with Crippen LogP contribution >= 0.6 is 0 Å². The predicted octanol–water partition coefficient (Wildman–Crippen LogP) is 2.67. The highest BCUT2D eigenvalue weighted by Crippen LogP contribution is 2.27. The summed E-state index contributed by atoms with van der Waals surface area (Å²) in [6, 6.07) is 19.7. The molecule has 3 N–H and O–H groups in total. The summed E-state index contributed by atoms with van der Waals surface area (Å²) in [5.41, 5.74) is 2.19. The maximum absolute atomic E-state index is 11.1. The summed E-state index contributed by atoms with van der Waals surface area (Å²) in [6.07, 6.45) is -1.01. The molecular weight excluding hydrogens is 264 g/mol. The fourth-order valence-electron chi connectivity index (χ4n) is 2.61. The maximum Gasteiger partial charge on any atom is 0.404 e. The van der Waals surface area contributed by atoms with E-state index in [1.807, 2.05) is 67.7 Å². The van der Waals surface area contributed by atoms with Crippen molar-refractivity contribution >= 4 is 6.09 Å². The van der Waals surface area contributed by atoms with Crippen molar-refractivity contribution in [1.29, 1.82) is 0 Å². The van der Waals surface area contributed by atoms with Crippen LogP contribution in [-0.4, -0.2) is 30.8 Å². The number of benzene rings is 2. The first-order valence-corrected chi connectivity index (χ1v) is 6.96. The largest absolute Gasteiger partial charge is 0.465 e. The zero-order chi connectivity index (χ0) is 15.1. The summed E-state index contributed by atoms with van der Waals surface area (Å²) in [5, 5.41) is 14.8. The summed E-state index contributed by atoms with van der Waals surface area (Å²) in [4.78, 5) is 11.1. The van der Waals surface area contributed by atoms with Crippen molar-refractivity contribution in [3.8, 4) is 0 Å². The molecule has 0 aliphatic rings. The van der Waals surface area contributed by atoms with Gasteiger partial charge in [-0.3, -0.25) is 0 Å². The molecule has 21 heavy (non-hydrogen) atoms. The summed E-state index contributed by atoms with van der Waals surface area (Å²) < 4.78 is 0. The molecule has 0 bridgehead atoms. The molecule has 1 amide bonds. The highest BCUT2D eigenvalue weighted by molar-refractivity contribution is 5.65. The molecule has 1 atom stereocenters. The van der Waals surface area contributed by atoms with Gasteiger partial charge in [-0.1, -0.05) is 60.7 Å². The SMILES string of the molecule is CNC[C@@H](NC(=O)O)C(c1ccccc1)c1ccccc1. The Morgan fingerprint density at radius 1 is 1.00 bits per heavy atom. The van der Waals surface area contributed by atoms with E-state index in [9.17, 15) is 4.79 Å². The number of carboxylic acid groups (broad SMARTS) is 1. The van der Waals surface area contributed by atoms with Gasteiger partial charge in [-0.15, -0.1) is 0 Å². The number of hydrogen-bond acceptors (Lipinski definition) is 2. The number of rotatable bonds is 6. The first kappa shape index (κ1) is 15.1. The van der Waals surface area contributed by atoms with Crippen molar-refractivity contribution in [3.05, 3.63) is 71.8 Å². The molecule has 2 aromatic carbocycles. The Morgan fingerprint density at radius 3 is 1.86 bits per heavy atom. The van der Waals surface area contributed by atoms with Crippen molar-refractivity contribution in [2.45, 2.75) is 12.0 Å². The lowest BCUT2D eigenvalue weighted by Gasteiger charge is -2.28. The van der Waals surface area contributed by atoms with Gasteiger partial charge in [-0.2, -0.15) is 0 Å². The van der Waals surface area contributed by atoms with Crippen molar-refractivity contribution < 1.29 is 9.90 Å². The number of nitrogens with one attached hydrogen (secondary N) is 2. The smallest absolute Gasteiger partial charge is 0.404 e. The van der Waals surface area contributed by atoms with Crippen LogP contribution in [0.2, 0.25) is 0 Å². The molecule has 2 aromatic rings. The van der Waals surface area contributed by atoms with E-state index in [1.165, 1.54) is 0 Å². The lowest BCUT2D eigenvalue weighted by molar-refractivity contribution is 0.188. The van der Waals surface area contributed by atoms with Crippen LogP contribution < -0.4 is 10.6 Å². The van der Waals surface area contributed by atoms with E-state index in [4.69, 9.17) is 5.11 Å². The zero-order valence-corrected chi connectivity index (χ0v) is 12.0. The van der Waals surface area contributed by atoms with Gasteiger partial charge in [0.15, 0.2) is 0 Å². The molecule has 0 aliphatic heterocycles. The number of amides is 1. The van der Waals surface area contributed by atoms with Gasteiger partial charge in [0, 0.05) is 12.5 Å². The molecule has 0 fully saturated rings. The Balaban J connectivity index is 2.41. The topological polar surface area (TPSA) is 61.4 Å². The fraction of sp³-hybridized carbons (Fsp3) is 0.235. The van der Waals surface area contributed by atoms with Crippen LogP contribution in [0.15, 0.2) is 60.7 Å². The van der Waals surface area contributed by atoms with E-state index in [0.29, 0.717) is 6.54 Å². The number of likely N-dealkylation sites (N-methyl/N-ethyl adjacent to an activating group) is 1. The molecule has 110 valence electrons. The molecule has 0 saturated carbocycles. The van der Waals surface area contributed by atoms with Gasteiger partial charge in [0.05, 0.1) is 6.04 Å². The van der Waals surface area contributed by atoms with Gasteiger partial charge in [-0.25, -0.2) is 4.79 Å². The lowest BCUT2D eigenvalue weighted by Crippen LogP contribution is -2.45. The van der Waals surface area contributed by atoms with Gasteiger partial charge in [0.25, 0.3) is 0 Å². The zero-order valence-electron chi connectivity index (χ0n) is 12.0. The second kappa shape index (κ2) is 7.45. The predicted molar refractivity (Wildman–Crippen MR) is 83.6 cm³/mol. The molecule has 0 radical (unpaired) electrons. The molecule has 2 rings (SSSR count). The van der Waals surface area contributed by atoms with Gasteiger partial charge < -0.3 is 15.7 Å². The van der Waals surface area contributed by atoms with E-state index in [1.54, 1.807) is 0 Å². The van der Waals surface area contributed by atoms with Crippen LogP contribution in [0.4, 0.5) is 4.79 Å². The quantitative estimate of drug-likeness (QED) is 0.764. The minimum Gasteiger partial charge on any atom is -0.465 e. The maximum atomic E-state index is 11.1. The minimum absolute atomic E-state index is 0.0315. The minimum atomic E-state index is -1.01. The van der Waals surface area contributed by atoms with Gasteiger partial charge in [-0.05, 0) is 18.2 Å². The van der Waals surface area contributed by atoms with E-state index in [0.717, 1.165) is 11.1 Å². The van der Waals surface area contributed by atoms with Crippen LogP contribution in [0.1, 0.15) is 17.0 Å². The monoisotopic (exact) mass is 284 g/mol. The third kappa shape index (κ3) is 4.07. The third-order valence-corrected chi connectivity index (χ3v) is 3.45. The van der Waals surface area contributed by atoms with Gasteiger partial charge >= 0.3 is 6.09 Å². The average Bonchev–Trinajstić information content (AvgIpc) is 2.49. The standard InChI is InChI=1S/C17H20N2O2/c1-18-12-15(19-17(20)21)16(13-8-4-2-5-9-13)14-10-6-3-7-11-14/h2-11,15-16,18-19H,12H2,1H3,(H,20,21)/t15-/m1/s1. The van der Waals surface area contributed by atoms with E-state index in [2.05, 4.69) is 10.6 Å². The Labute approximate surface area is 124 Å². The third-order valence-electron chi connectivity index (χ3n) is 3.45. The molecule has 4 nitrogen and oxygen atoms in total.